The van der Waals surface area contributed by atoms with E-state index in [2.05, 4.69) is 93.6 Å². The highest BCUT2D eigenvalue weighted by atomic mass is 79.9. The number of halogens is 2. The molecule has 0 radical (unpaired) electrons. The van der Waals surface area contributed by atoms with Gasteiger partial charge in [0, 0.05) is 16.4 Å². The predicted molar refractivity (Wildman–Crippen MR) is 117 cm³/mol. The molecule has 4 heteroatoms. The van der Waals surface area contributed by atoms with Crippen molar-refractivity contribution in [1.82, 2.24) is 0 Å². The highest BCUT2D eigenvalue weighted by molar-refractivity contribution is 9.12. The Bertz CT molecular complexity index is 952. The molecule has 0 spiro atoms. The molecule has 0 unspecified atom stereocenters. The summed E-state index contributed by atoms with van der Waals surface area (Å²) in [6, 6.07) is 29.0. The van der Waals surface area contributed by atoms with Crippen LogP contribution in [0.3, 0.4) is 0 Å². The minimum atomic E-state index is 0.0672. The van der Waals surface area contributed by atoms with E-state index in [1.165, 1.54) is 11.0 Å². The summed E-state index contributed by atoms with van der Waals surface area (Å²) in [5.74, 6) is 0. The van der Waals surface area contributed by atoms with Gasteiger partial charge in [-0.2, -0.15) is 0 Å². The third-order valence-electron chi connectivity index (χ3n) is 4.47. The van der Waals surface area contributed by atoms with Gasteiger partial charge in [-0.1, -0.05) is 99.7 Å². The van der Waals surface area contributed by atoms with Crippen molar-refractivity contribution in [3.63, 3.8) is 0 Å². The molecule has 26 heavy (non-hydrogen) atoms. The number of anilines is 1. The first-order valence-electron chi connectivity index (χ1n) is 8.46. The van der Waals surface area contributed by atoms with Crippen LogP contribution in [0.5, 0.6) is 0 Å². The monoisotopic (exact) mass is 419 g/mol. The minimum Gasteiger partial charge on any atom is -0.376 e. The summed E-state index contributed by atoms with van der Waals surface area (Å²) >= 11 is 9.92. The second-order valence-corrected chi connectivity index (χ2v) is 7.48. The lowest BCUT2D eigenvalue weighted by atomic mass is 9.52. The smallest absolute Gasteiger partial charge is 0.335 e. The molecule has 0 saturated carbocycles. The summed E-state index contributed by atoms with van der Waals surface area (Å²) in [5.41, 5.74) is 4.67. The Balaban J connectivity index is 1.89. The van der Waals surface area contributed by atoms with Crippen molar-refractivity contribution in [1.29, 1.82) is 0 Å². The van der Waals surface area contributed by atoms with Crippen LogP contribution in [0.2, 0.25) is 5.02 Å². The summed E-state index contributed by atoms with van der Waals surface area (Å²) in [5, 5.41) is 0.738. The fourth-order valence-corrected chi connectivity index (χ4v) is 4.00. The molecule has 4 rings (SSSR count). The molecule has 0 amide bonds. The second kappa shape index (κ2) is 7.57. The molecule has 1 nitrogen and oxygen atoms in total. The molecule has 0 atom stereocenters. The Morgan fingerprint density at radius 1 is 0.731 bits per heavy atom. The maximum Gasteiger partial charge on any atom is 0.335 e. The van der Waals surface area contributed by atoms with Gasteiger partial charge in [-0.05, 0) is 40.3 Å². The molecule has 0 bridgehead atoms. The van der Waals surface area contributed by atoms with Crippen LogP contribution >= 0.6 is 27.5 Å². The van der Waals surface area contributed by atoms with Gasteiger partial charge in [0.05, 0.1) is 0 Å². The lowest BCUT2D eigenvalue weighted by Gasteiger charge is -2.36. The van der Waals surface area contributed by atoms with Crippen LogP contribution in [0.1, 0.15) is 5.56 Å². The maximum absolute atomic E-state index is 6.13. The van der Waals surface area contributed by atoms with Crippen LogP contribution in [0.25, 0.3) is 5.70 Å². The van der Waals surface area contributed by atoms with Crippen molar-refractivity contribution in [2.24, 2.45) is 0 Å². The molecule has 0 fully saturated rings. The molecule has 0 N–H and O–H groups in total. The average molecular weight is 421 g/mol. The van der Waals surface area contributed by atoms with Gasteiger partial charge in [0.2, 0.25) is 0 Å². The summed E-state index contributed by atoms with van der Waals surface area (Å²) in [6.45, 7) is 0.0672. The number of hydrogen-bond acceptors (Lipinski definition) is 1. The lowest BCUT2D eigenvalue weighted by Crippen LogP contribution is -2.49. The molecule has 0 saturated heterocycles. The number of benzene rings is 3. The Hall–Kier alpha value is -2.23. The van der Waals surface area contributed by atoms with Crippen LogP contribution in [0.15, 0.2) is 101 Å². The Morgan fingerprint density at radius 3 is 2.00 bits per heavy atom. The lowest BCUT2D eigenvalue weighted by molar-refractivity contribution is 1.37. The van der Waals surface area contributed by atoms with Crippen molar-refractivity contribution in [3.05, 3.63) is 112 Å². The number of rotatable bonds is 3. The topological polar surface area (TPSA) is 3.24 Å². The van der Waals surface area contributed by atoms with E-state index in [1.54, 1.807) is 0 Å². The second-order valence-electron chi connectivity index (χ2n) is 6.13. The highest BCUT2D eigenvalue weighted by Crippen LogP contribution is 2.34. The normalized spacial score (nSPS) is 14.1. The van der Waals surface area contributed by atoms with Gasteiger partial charge in [-0.3, -0.25) is 0 Å². The summed E-state index contributed by atoms with van der Waals surface area (Å²) in [7, 11) is 0. The first kappa shape index (κ1) is 17.2. The zero-order valence-corrected chi connectivity index (χ0v) is 16.4. The quantitative estimate of drug-likeness (QED) is 0.476. The van der Waals surface area contributed by atoms with Gasteiger partial charge < -0.3 is 4.81 Å². The summed E-state index contributed by atoms with van der Waals surface area (Å²) < 4.78 is 1.12. The summed E-state index contributed by atoms with van der Waals surface area (Å²) in [4.78, 5) is 2.35. The van der Waals surface area contributed by atoms with Gasteiger partial charge in [0.15, 0.2) is 0 Å². The van der Waals surface area contributed by atoms with Crippen molar-refractivity contribution >= 4 is 51.2 Å². The molecule has 3 aromatic carbocycles. The van der Waals surface area contributed by atoms with Gasteiger partial charge in [0.25, 0.3) is 0 Å². The zero-order valence-electron chi connectivity index (χ0n) is 14.0. The fourth-order valence-electron chi connectivity index (χ4n) is 3.27. The van der Waals surface area contributed by atoms with Crippen LogP contribution < -0.4 is 10.3 Å². The van der Waals surface area contributed by atoms with Crippen molar-refractivity contribution < 1.29 is 0 Å². The minimum absolute atomic E-state index is 0.0672. The van der Waals surface area contributed by atoms with Gasteiger partial charge in [0.1, 0.15) is 0 Å². The largest absolute Gasteiger partial charge is 0.376 e. The molecule has 3 aromatic rings. The first-order valence-corrected chi connectivity index (χ1v) is 9.64. The van der Waals surface area contributed by atoms with E-state index >= 15 is 0 Å². The van der Waals surface area contributed by atoms with E-state index in [-0.39, 0.29) is 6.85 Å². The van der Waals surface area contributed by atoms with E-state index in [9.17, 15) is 0 Å². The van der Waals surface area contributed by atoms with E-state index < -0.39 is 0 Å². The van der Waals surface area contributed by atoms with Crippen molar-refractivity contribution in [2.75, 3.05) is 4.81 Å². The fraction of sp³-hybridized carbons (Fsp3) is 0. The third kappa shape index (κ3) is 3.37. The van der Waals surface area contributed by atoms with E-state index in [0.717, 1.165) is 20.8 Å². The van der Waals surface area contributed by atoms with E-state index in [0.29, 0.717) is 0 Å². The van der Waals surface area contributed by atoms with E-state index in [4.69, 9.17) is 11.6 Å². The summed E-state index contributed by atoms with van der Waals surface area (Å²) in [6.07, 6.45) is 4.31. The standard InChI is InChI=1S/C22H16BBrClN/c24-22-16-15-21(17-7-3-1-4-8-17)26(20-13-11-19(25)12-14-20)23(22)18-9-5-2-6-10-18/h1-16H. The van der Waals surface area contributed by atoms with Gasteiger partial charge >= 0.3 is 6.85 Å². The van der Waals surface area contributed by atoms with Crippen molar-refractivity contribution in [3.8, 4) is 0 Å². The molecular weight excluding hydrogens is 404 g/mol. The maximum atomic E-state index is 6.13. The van der Waals surface area contributed by atoms with Crippen LogP contribution in [0, 0.1) is 0 Å². The molecular formula is C22H16BBrClN. The van der Waals surface area contributed by atoms with Crippen molar-refractivity contribution in [2.45, 2.75) is 0 Å². The average Bonchev–Trinajstić information content (AvgIpc) is 2.70. The molecule has 126 valence electrons. The molecule has 1 heterocycles. The van der Waals surface area contributed by atoms with Crippen LogP contribution in [-0.4, -0.2) is 6.85 Å². The third-order valence-corrected chi connectivity index (χ3v) is 5.42. The molecule has 1 aliphatic heterocycles. The number of nitrogens with zero attached hydrogens (tertiary/aromatic N) is 1. The van der Waals surface area contributed by atoms with Crippen LogP contribution in [-0.2, 0) is 0 Å². The van der Waals surface area contributed by atoms with Gasteiger partial charge in [-0.25, -0.2) is 0 Å². The Kier molecular flexibility index (Phi) is 5.01. The molecule has 0 aromatic heterocycles. The highest BCUT2D eigenvalue weighted by Gasteiger charge is 2.33. The van der Waals surface area contributed by atoms with Gasteiger partial charge in [-0.15, -0.1) is 0 Å². The Labute approximate surface area is 167 Å². The number of allylic oxidation sites excluding steroid dienone is 2. The van der Waals surface area contributed by atoms with E-state index in [1.807, 2.05) is 24.3 Å². The van der Waals surface area contributed by atoms with Crippen LogP contribution in [0.4, 0.5) is 5.69 Å². The zero-order chi connectivity index (χ0) is 17.9. The predicted octanol–water partition coefficient (Wildman–Crippen LogP) is 5.92. The first-order chi connectivity index (χ1) is 12.7. The SMILES string of the molecule is Clc1ccc(N2B(c3ccccc3)C(Br)=CC=C2c2ccccc2)cc1. The number of hydrogen-bond donors (Lipinski definition) is 0. The Morgan fingerprint density at radius 2 is 1.35 bits per heavy atom. The molecule has 1 aliphatic rings. The molecule has 0 aliphatic carbocycles.